The summed E-state index contributed by atoms with van der Waals surface area (Å²) in [6.07, 6.45) is 1.74. The summed E-state index contributed by atoms with van der Waals surface area (Å²) in [5.74, 6) is 0.762. The van der Waals surface area contributed by atoms with E-state index < -0.39 is 0 Å². The van der Waals surface area contributed by atoms with Crippen LogP contribution in [0.1, 0.15) is 6.92 Å². The monoisotopic (exact) mass is 343 g/mol. The van der Waals surface area contributed by atoms with E-state index in [9.17, 15) is 0 Å². The molecule has 2 aromatic rings. The van der Waals surface area contributed by atoms with Gasteiger partial charge in [0.1, 0.15) is 6.33 Å². The molecule has 0 spiro atoms. The molecule has 0 aliphatic heterocycles. The van der Waals surface area contributed by atoms with E-state index in [1.54, 1.807) is 6.33 Å². The van der Waals surface area contributed by atoms with Crippen LogP contribution in [0, 0.1) is 3.57 Å². The molecular formula is C12H14IN3O. The number of aromatic nitrogens is 3. The fourth-order valence-electron chi connectivity index (χ4n) is 1.44. The minimum absolute atomic E-state index is 0.673. The van der Waals surface area contributed by atoms with Gasteiger partial charge in [0.05, 0.1) is 13.2 Å². The highest BCUT2D eigenvalue weighted by atomic mass is 127. The van der Waals surface area contributed by atoms with Crippen molar-refractivity contribution < 1.29 is 4.74 Å². The first-order chi connectivity index (χ1) is 8.29. The number of halogens is 1. The van der Waals surface area contributed by atoms with Crippen molar-refractivity contribution in [2.24, 2.45) is 0 Å². The Bertz CT molecular complexity index is 467. The molecule has 0 saturated carbocycles. The molecule has 1 heterocycles. The van der Waals surface area contributed by atoms with Gasteiger partial charge in [-0.3, -0.25) is 4.68 Å². The number of nitrogens with zero attached hydrogens (tertiary/aromatic N) is 3. The second kappa shape index (κ2) is 6.11. The molecule has 0 radical (unpaired) electrons. The van der Waals surface area contributed by atoms with E-state index >= 15 is 0 Å². The third-order valence-electron chi connectivity index (χ3n) is 2.31. The van der Waals surface area contributed by atoms with Crippen LogP contribution in [0.25, 0.3) is 11.4 Å². The van der Waals surface area contributed by atoms with Crippen molar-refractivity contribution >= 4 is 22.6 Å². The molecule has 0 amide bonds. The van der Waals surface area contributed by atoms with Crippen molar-refractivity contribution in [3.05, 3.63) is 34.2 Å². The Kier molecular flexibility index (Phi) is 4.49. The zero-order valence-electron chi connectivity index (χ0n) is 9.64. The maximum atomic E-state index is 5.28. The van der Waals surface area contributed by atoms with Crippen LogP contribution in [0.3, 0.4) is 0 Å². The van der Waals surface area contributed by atoms with Gasteiger partial charge in [0, 0.05) is 15.7 Å². The summed E-state index contributed by atoms with van der Waals surface area (Å²) >= 11 is 2.28. The van der Waals surface area contributed by atoms with Gasteiger partial charge in [0.15, 0.2) is 5.82 Å². The molecule has 4 nitrogen and oxygen atoms in total. The van der Waals surface area contributed by atoms with Gasteiger partial charge in [-0.1, -0.05) is 12.1 Å². The quantitative estimate of drug-likeness (QED) is 0.619. The van der Waals surface area contributed by atoms with Crippen LogP contribution in [0.5, 0.6) is 0 Å². The smallest absolute Gasteiger partial charge is 0.181 e. The maximum absolute atomic E-state index is 5.28. The Balaban J connectivity index is 2.04. The Labute approximate surface area is 114 Å². The fraction of sp³-hybridized carbons (Fsp3) is 0.333. The second-order valence-corrected chi connectivity index (χ2v) is 4.78. The number of hydrogen-bond donors (Lipinski definition) is 0. The molecule has 0 unspecified atom stereocenters. The molecule has 1 aromatic carbocycles. The molecule has 0 aliphatic rings. The molecule has 90 valence electrons. The first-order valence-corrected chi connectivity index (χ1v) is 6.60. The molecule has 5 heteroatoms. The molecule has 1 aromatic heterocycles. The van der Waals surface area contributed by atoms with Gasteiger partial charge in [0.25, 0.3) is 0 Å². The lowest BCUT2D eigenvalue weighted by atomic mass is 10.2. The van der Waals surface area contributed by atoms with Gasteiger partial charge in [-0.2, -0.15) is 5.10 Å². The van der Waals surface area contributed by atoms with Crippen molar-refractivity contribution in [1.29, 1.82) is 0 Å². The van der Waals surface area contributed by atoms with Crippen LogP contribution in [0.15, 0.2) is 30.6 Å². The molecule has 0 N–H and O–H groups in total. The lowest BCUT2D eigenvalue weighted by Crippen LogP contribution is -2.06. The third kappa shape index (κ3) is 3.50. The van der Waals surface area contributed by atoms with Crippen molar-refractivity contribution in [2.75, 3.05) is 13.2 Å². The van der Waals surface area contributed by atoms with Crippen LogP contribution in [-0.4, -0.2) is 28.0 Å². The number of rotatable bonds is 5. The van der Waals surface area contributed by atoms with Gasteiger partial charge in [-0.15, -0.1) is 0 Å². The van der Waals surface area contributed by atoms with E-state index in [-0.39, 0.29) is 0 Å². The average molecular weight is 343 g/mol. The van der Waals surface area contributed by atoms with E-state index in [0.717, 1.165) is 24.5 Å². The highest BCUT2D eigenvalue weighted by Gasteiger charge is 2.03. The van der Waals surface area contributed by atoms with Crippen LogP contribution in [-0.2, 0) is 11.3 Å². The Hall–Kier alpha value is -0.950. The Morgan fingerprint density at radius 1 is 1.29 bits per heavy atom. The lowest BCUT2D eigenvalue weighted by Gasteiger charge is -2.00. The highest BCUT2D eigenvalue weighted by molar-refractivity contribution is 14.1. The van der Waals surface area contributed by atoms with Gasteiger partial charge in [0.2, 0.25) is 0 Å². The number of benzene rings is 1. The zero-order valence-corrected chi connectivity index (χ0v) is 11.8. The predicted molar refractivity (Wildman–Crippen MR) is 74.7 cm³/mol. The number of hydrogen-bond acceptors (Lipinski definition) is 3. The molecule has 0 bridgehead atoms. The predicted octanol–water partition coefficient (Wildman–Crippen LogP) is 2.59. The van der Waals surface area contributed by atoms with Crippen LogP contribution in [0.2, 0.25) is 0 Å². The highest BCUT2D eigenvalue weighted by Crippen LogP contribution is 2.15. The van der Waals surface area contributed by atoms with E-state index in [2.05, 4.69) is 44.8 Å². The summed E-state index contributed by atoms with van der Waals surface area (Å²) in [7, 11) is 0. The normalized spacial score (nSPS) is 10.7. The summed E-state index contributed by atoms with van der Waals surface area (Å²) in [4.78, 5) is 4.29. The topological polar surface area (TPSA) is 39.9 Å². The molecular weight excluding hydrogens is 329 g/mol. The Morgan fingerprint density at radius 2 is 2.06 bits per heavy atom. The van der Waals surface area contributed by atoms with Gasteiger partial charge < -0.3 is 4.74 Å². The third-order valence-corrected chi connectivity index (χ3v) is 3.03. The largest absolute Gasteiger partial charge is 0.380 e. The molecule has 0 fully saturated rings. The van der Waals surface area contributed by atoms with Crippen molar-refractivity contribution in [3.63, 3.8) is 0 Å². The zero-order chi connectivity index (χ0) is 12.1. The first kappa shape index (κ1) is 12.5. The van der Waals surface area contributed by atoms with Gasteiger partial charge >= 0.3 is 0 Å². The van der Waals surface area contributed by atoms with E-state index in [1.165, 1.54) is 3.57 Å². The van der Waals surface area contributed by atoms with Gasteiger partial charge in [-0.25, -0.2) is 4.98 Å². The van der Waals surface area contributed by atoms with Crippen LogP contribution < -0.4 is 0 Å². The van der Waals surface area contributed by atoms with Crippen molar-refractivity contribution in [3.8, 4) is 11.4 Å². The average Bonchev–Trinajstić information content (AvgIpc) is 2.79. The van der Waals surface area contributed by atoms with Crippen LogP contribution in [0.4, 0.5) is 0 Å². The molecule has 0 aliphatic carbocycles. The standard InChI is InChI=1S/C12H14IN3O/c1-2-17-8-7-16-9-14-12(15-16)10-3-5-11(13)6-4-10/h3-6,9H,2,7-8H2,1H3. The second-order valence-electron chi connectivity index (χ2n) is 3.54. The minimum atomic E-state index is 0.673. The molecule has 0 atom stereocenters. The first-order valence-electron chi connectivity index (χ1n) is 5.52. The van der Waals surface area contributed by atoms with E-state index in [0.29, 0.717) is 6.61 Å². The van der Waals surface area contributed by atoms with Crippen molar-refractivity contribution in [2.45, 2.75) is 13.5 Å². The molecule has 0 saturated heterocycles. The lowest BCUT2D eigenvalue weighted by molar-refractivity contribution is 0.136. The SMILES string of the molecule is CCOCCn1cnc(-c2ccc(I)cc2)n1. The number of ether oxygens (including phenoxy) is 1. The minimum Gasteiger partial charge on any atom is -0.380 e. The van der Waals surface area contributed by atoms with E-state index in [1.807, 2.05) is 23.7 Å². The summed E-state index contributed by atoms with van der Waals surface area (Å²) in [6.45, 7) is 4.13. The maximum Gasteiger partial charge on any atom is 0.181 e. The molecule has 2 rings (SSSR count). The summed E-state index contributed by atoms with van der Waals surface area (Å²) < 4.78 is 8.30. The summed E-state index contributed by atoms with van der Waals surface area (Å²) in [5.41, 5.74) is 1.04. The van der Waals surface area contributed by atoms with Gasteiger partial charge in [-0.05, 0) is 41.6 Å². The Morgan fingerprint density at radius 3 is 2.76 bits per heavy atom. The van der Waals surface area contributed by atoms with Crippen LogP contribution >= 0.6 is 22.6 Å². The van der Waals surface area contributed by atoms with Crippen molar-refractivity contribution in [1.82, 2.24) is 14.8 Å². The molecule has 17 heavy (non-hydrogen) atoms. The van der Waals surface area contributed by atoms with E-state index in [4.69, 9.17) is 4.74 Å². The fourth-order valence-corrected chi connectivity index (χ4v) is 1.80. The summed E-state index contributed by atoms with van der Waals surface area (Å²) in [5, 5.41) is 4.41. The summed E-state index contributed by atoms with van der Waals surface area (Å²) in [6, 6.07) is 8.17.